The Bertz CT molecular complexity index is 605. The molecule has 0 bridgehead atoms. The molecule has 0 spiro atoms. The van der Waals surface area contributed by atoms with Gasteiger partial charge in [0.2, 0.25) is 10.0 Å². The van der Waals surface area contributed by atoms with Crippen molar-refractivity contribution in [2.75, 3.05) is 19.7 Å². The zero-order valence-corrected chi connectivity index (χ0v) is 14.1. The van der Waals surface area contributed by atoms with E-state index in [0.717, 1.165) is 6.42 Å². The molecule has 0 heterocycles. The van der Waals surface area contributed by atoms with Crippen molar-refractivity contribution in [3.8, 4) is 0 Å². The van der Waals surface area contributed by atoms with E-state index >= 15 is 0 Å². The minimum absolute atomic E-state index is 0.00582. The smallest absolute Gasteiger partial charge is 0.244 e. The average molecular weight is 351 g/mol. The van der Waals surface area contributed by atoms with Crippen LogP contribution < -0.4 is 5.73 Å². The molecule has 3 N–H and O–H groups in total. The number of nitrogens with zero attached hydrogens (tertiary/aromatic N) is 1. The Balaban J connectivity index is 3.18. The number of unbranched alkanes of at least 4 members (excludes halogenated alkanes) is 1. The molecule has 5 nitrogen and oxygen atoms in total. The summed E-state index contributed by atoms with van der Waals surface area (Å²) in [6.45, 7) is 2.10. The number of benzene rings is 1. The maximum Gasteiger partial charge on any atom is 0.244 e. The van der Waals surface area contributed by atoms with Gasteiger partial charge in [0.05, 0.1) is 11.6 Å². The fourth-order valence-corrected chi connectivity index (χ4v) is 3.92. The van der Waals surface area contributed by atoms with Gasteiger partial charge in [-0.3, -0.25) is 0 Å². The lowest BCUT2D eigenvalue weighted by Gasteiger charge is -2.21. The number of hydrogen-bond acceptors (Lipinski definition) is 4. The van der Waals surface area contributed by atoms with Crippen molar-refractivity contribution in [1.29, 1.82) is 0 Å². The van der Waals surface area contributed by atoms with Gasteiger partial charge in [-0.1, -0.05) is 43.2 Å². The van der Waals surface area contributed by atoms with Gasteiger partial charge in [-0.05, 0) is 18.6 Å². The lowest BCUT2D eigenvalue weighted by Crippen LogP contribution is -2.34. The topological polar surface area (TPSA) is 83.6 Å². The highest BCUT2D eigenvalue weighted by atomic mass is 35.5. The third-order valence-corrected chi connectivity index (χ3v) is 5.56. The van der Waals surface area contributed by atoms with E-state index in [2.05, 4.69) is 0 Å². The maximum atomic E-state index is 12.6. The lowest BCUT2D eigenvalue weighted by molar-refractivity contribution is 0.252. The number of aliphatic hydroxyl groups excluding tert-OH is 1. The minimum Gasteiger partial charge on any atom is -0.395 e. The van der Waals surface area contributed by atoms with Crippen molar-refractivity contribution in [3.63, 3.8) is 0 Å². The first-order valence-corrected chi connectivity index (χ1v) is 8.77. The van der Waals surface area contributed by atoms with E-state index < -0.39 is 10.0 Å². The predicted octanol–water partition coefficient (Wildman–Crippen LogP) is 1.76. The molecule has 8 heteroatoms. The number of thiocarbonyl (C=S) groups is 1. The van der Waals surface area contributed by atoms with Crippen molar-refractivity contribution in [1.82, 2.24) is 4.31 Å². The molecule has 0 saturated heterocycles. The summed E-state index contributed by atoms with van der Waals surface area (Å²) in [7, 11) is -3.75. The van der Waals surface area contributed by atoms with Gasteiger partial charge in [0.25, 0.3) is 0 Å². The van der Waals surface area contributed by atoms with Crippen LogP contribution in [0.1, 0.15) is 25.3 Å². The van der Waals surface area contributed by atoms with Crippen LogP contribution in [0.2, 0.25) is 5.02 Å². The van der Waals surface area contributed by atoms with Crippen molar-refractivity contribution in [3.05, 3.63) is 28.8 Å². The van der Waals surface area contributed by atoms with E-state index in [0.29, 0.717) is 18.5 Å². The molecule has 0 aliphatic carbocycles. The summed E-state index contributed by atoms with van der Waals surface area (Å²) in [4.78, 5) is 0.146. The monoisotopic (exact) mass is 350 g/mol. The Morgan fingerprint density at radius 2 is 2.10 bits per heavy atom. The fourth-order valence-electron chi connectivity index (χ4n) is 1.80. The molecule has 0 aromatic heterocycles. The van der Waals surface area contributed by atoms with Crippen molar-refractivity contribution >= 4 is 38.8 Å². The van der Waals surface area contributed by atoms with Crippen LogP contribution in [-0.2, 0) is 10.0 Å². The van der Waals surface area contributed by atoms with Crippen LogP contribution in [0.15, 0.2) is 23.1 Å². The van der Waals surface area contributed by atoms with Gasteiger partial charge in [-0.25, -0.2) is 8.42 Å². The Morgan fingerprint density at radius 3 is 2.57 bits per heavy atom. The van der Waals surface area contributed by atoms with Gasteiger partial charge in [-0.2, -0.15) is 4.31 Å². The third kappa shape index (κ3) is 4.62. The number of aliphatic hydroxyl groups is 1. The first-order chi connectivity index (χ1) is 9.84. The lowest BCUT2D eigenvalue weighted by atomic mass is 10.2. The number of hydrogen-bond donors (Lipinski definition) is 2. The second kappa shape index (κ2) is 8.05. The number of halogens is 1. The van der Waals surface area contributed by atoms with Crippen LogP contribution >= 0.6 is 23.8 Å². The third-order valence-electron chi connectivity index (χ3n) is 2.94. The number of nitrogens with two attached hydrogens (primary N) is 1. The molecule has 1 aromatic carbocycles. The second-order valence-electron chi connectivity index (χ2n) is 4.49. The number of sulfonamides is 1. The summed E-state index contributed by atoms with van der Waals surface area (Å²) in [6, 6.07) is 4.36. The summed E-state index contributed by atoms with van der Waals surface area (Å²) in [5, 5.41) is 9.13. The molecule has 0 fully saturated rings. The Labute approximate surface area is 135 Å². The molecule has 0 aliphatic heterocycles. The van der Waals surface area contributed by atoms with E-state index in [1.807, 2.05) is 6.92 Å². The van der Waals surface area contributed by atoms with Crippen molar-refractivity contribution < 1.29 is 13.5 Å². The van der Waals surface area contributed by atoms with Gasteiger partial charge in [0.15, 0.2) is 0 Å². The first-order valence-electron chi connectivity index (χ1n) is 6.55. The summed E-state index contributed by atoms with van der Waals surface area (Å²) in [5.74, 6) is 0. The fraction of sp³-hybridized carbons (Fsp3) is 0.462. The molecule has 118 valence electrons. The largest absolute Gasteiger partial charge is 0.395 e. The molecule has 0 saturated carbocycles. The molecule has 0 unspecified atom stereocenters. The Morgan fingerprint density at radius 1 is 1.43 bits per heavy atom. The minimum atomic E-state index is -3.75. The standard InChI is InChI=1S/C13H19ClN2O3S2/c1-2-3-6-16(7-8-17)21(18,19)12-5-4-10(13(15)20)9-11(12)14/h4-5,9,17H,2-3,6-8H2,1H3,(H2,15,20). The summed E-state index contributed by atoms with van der Waals surface area (Å²) in [6.07, 6.45) is 1.56. The molecule has 1 rings (SSSR count). The van der Waals surface area contributed by atoms with E-state index in [-0.39, 0.29) is 28.1 Å². The SMILES string of the molecule is CCCCN(CCO)S(=O)(=O)c1ccc(C(N)=S)cc1Cl. The molecule has 0 amide bonds. The highest BCUT2D eigenvalue weighted by Gasteiger charge is 2.26. The molecule has 0 aliphatic rings. The van der Waals surface area contributed by atoms with Crippen LogP contribution in [0.3, 0.4) is 0 Å². The van der Waals surface area contributed by atoms with Crippen LogP contribution in [0, 0.1) is 0 Å². The van der Waals surface area contributed by atoms with E-state index in [4.69, 9.17) is 34.7 Å². The normalized spacial score (nSPS) is 11.8. The molecule has 0 atom stereocenters. The van der Waals surface area contributed by atoms with Crippen LogP contribution in [0.4, 0.5) is 0 Å². The Hall–Kier alpha value is -0.730. The average Bonchev–Trinajstić information content (AvgIpc) is 2.42. The van der Waals surface area contributed by atoms with Crippen LogP contribution in [-0.4, -0.2) is 42.5 Å². The predicted molar refractivity (Wildman–Crippen MR) is 88.1 cm³/mol. The summed E-state index contributed by atoms with van der Waals surface area (Å²) < 4.78 is 26.4. The van der Waals surface area contributed by atoms with E-state index in [1.54, 1.807) is 0 Å². The summed E-state index contributed by atoms with van der Waals surface area (Å²) >= 11 is 10.9. The summed E-state index contributed by atoms with van der Waals surface area (Å²) in [5.41, 5.74) is 6.01. The maximum absolute atomic E-state index is 12.6. The first kappa shape index (κ1) is 18.3. The van der Waals surface area contributed by atoms with Gasteiger partial charge < -0.3 is 10.8 Å². The Kier molecular flexibility index (Phi) is 7.02. The van der Waals surface area contributed by atoms with Crippen molar-refractivity contribution in [2.45, 2.75) is 24.7 Å². The van der Waals surface area contributed by atoms with Crippen molar-refractivity contribution in [2.24, 2.45) is 5.73 Å². The van der Waals surface area contributed by atoms with Crippen LogP contribution in [0.25, 0.3) is 0 Å². The van der Waals surface area contributed by atoms with Gasteiger partial charge >= 0.3 is 0 Å². The highest BCUT2D eigenvalue weighted by molar-refractivity contribution is 7.89. The quantitative estimate of drug-likeness (QED) is 0.698. The molecule has 1 aromatic rings. The van der Waals surface area contributed by atoms with E-state index in [9.17, 15) is 8.42 Å². The van der Waals surface area contributed by atoms with Gasteiger partial charge in [-0.15, -0.1) is 0 Å². The zero-order valence-electron chi connectivity index (χ0n) is 11.8. The molecule has 0 radical (unpaired) electrons. The zero-order chi connectivity index (χ0) is 16.0. The van der Waals surface area contributed by atoms with E-state index in [1.165, 1.54) is 22.5 Å². The van der Waals surface area contributed by atoms with Crippen LogP contribution in [0.5, 0.6) is 0 Å². The number of rotatable bonds is 8. The molecule has 21 heavy (non-hydrogen) atoms. The highest BCUT2D eigenvalue weighted by Crippen LogP contribution is 2.26. The molecular weight excluding hydrogens is 332 g/mol. The second-order valence-corrected chi connectivity index (χ2v) is 7.24. The van der Waals surface area contributed by atoms with Gasteiger partial charge in [0.1, 0.15) is 9.88 Å². The van der Waals surface area contributed by atoms with Gasteiger partial charge in [0, 0.05) is 18.7 Å². The molecular formula is C13H19ClN2O3S2.